The van der Waals surface area contributed by atoms with Crippen molar-refractivity contribution >= 4 is 5.97 Å². The minimum absolute atomic E-state index is 0.0119. The Morgan fingerprint density at radius 2 is 1.59 bits per heavy atom. The van der Waals surface area contributed by atoms with Gasteiger partial charge in [0.2, 0.25) is 0 Å². The SMILES string of the molecule is C[C@]12CCC[C@]3(CO3)[C@@H]1C[C@H]1[C@@H](C2)OC(=O)[C@@H]1CN1CCN(C(c2ccccc2)c2ccccc2)CC1. The van der Waals surface area contributed by atoms with Gasteiger partial charge in [0.05, 0.1) is 24.2 Å². The molecule has 37 heavy (non-hydrogen) atoms. The van der Waals surface area contributed by atoms with Gasteiger partial charge in [-0.2, -0.15) is 0 Å². The molecule has 0 unspecified atom stereocenters. The fourth-order valence-electron chi connectivity index (χ4n) is 8.53. The molecule has 0 aromatic heterocycles. The third-order valence-corrected chi connectivity index (χ3v) is 10.5. The second-order valence-electron chi connectivity index (χ2n) is 12.7. The van der Waals surface area contributed by atoms with Crippen LogP contribution in [0, 0.1) is 23.2 Å². The Morgan fingerprint density at radius 3 is 2.22 bits per heavy atom. The Balaban J connectivity index is 1.03. The first-order valence-electron chi connectivity index (χ1n) is 14.5. The second-order valence-corrected chi connectivity index (χ2v) is 12.7. The Morgan fingerprint density at radius 1 is 0.946 bits per heavy atom. The van der Waals surface area contributed by atoms with E-state index < -0.39 is 0 Å². The Kier molecular flexibility index (Phi) is 5.95. The van der Waals surface area contributed by atoms with Crippen molar-refractivity contribution < 1.29 is 14.3 Å². The highest BCUT2D eigenvalue weighted by atomic mass is 16.6. The second kappa shape index (κ2) is 9.21. The number of hydrogen-bond acceptors (Lipinski definition) is 5. The van der Waals surface area contributed by atoms with Gasteiger partial charge in [-0.15, -0.1) is 0 Å². The van der Waals surface area contributed by atoms with Crippen LogP contribution in [0.3, 0.4) is 0 Å². The number of epoxide rings is 1. The van der Waals surface area contributed by atoms with E-state index in [1.54, 1.807) is 0 Å². The molecule has 3 heterocycles. The third kappa shape index (κ3) is 4.24. The molecule has 2 saturated carbocycles. The maximum atomic E-state index is 13.2. The van der Waals surface area contributed by atoms with Crippen molar-refractivity contribution in [2.45, 2.75) is 56.8 Å². The van der Waals surface area contributed by atoms with Crippen LogP contribution < -0.4 is 0 Å². The summed E-state index contributed by atoms with van der Waals surface area (Å²) in [5.74, 6) is 1.00. The number of carbonyl (C=O) groups excluding carboxylic acids is 1. The molecule has 5 nitrogen and oxygen atoms in total. The number of esters is 1. The van der Waals surface area contributed by atoms with Crippen molar-refractivity contribution in [1.29, 1.82) is 0 Å². The maximum absolute atomic E-state index is 13.2. The van der Waals surface area contributed by atoms with E-state index in [2.05, 4.69) is 77.4 Å². The number of piperazine rings is 1. The van der Waals surface area contributed by atoms with E-state index in [-0.39, 0.29) is 35.0 Å². The van der Waals surface area contributed by atoms with Crippen molar-refractivity contribution in [3.63, 3.8) is 0 Å². The minimum atomic E-state index is 0.0119. The van der Waals surface area contributed by atoms with Gasteiger partial charge in [0.1, 0.15) is 6.10 Å². The largest absolute Gasteiger partial charge is 0.462 e. The maximum Gasteiger partial charge on any atom is 0.310 e. The molecule has 5 aliphatic rings. The van der Waals surface area contributed by atoms with Crippen LogP contribution in [-0.4, -0.2) is 66.8 Å². The van der Waals surface area contributed by atoms with Gasteiger partial charge in [-0.05, 0) is 54.6 Å². The smallest absolute Gasteiger partial charge is 0.310 e. The molecule has 2 aromatic carbocycles. The van der Waals surface area contributed by atoms with Gasteiger partial charge in [-0.25, -0.2) is 0 Å². The molecule has 0 N–H and O–H groups in total. The summed E-state index contributed by atoms with van der Waals surface area (Å²) in [5.41, 5.74) is 3.07. The van der Waals surface area contributed by atoms with Gasteiger partial charge in [0.25, 0.3) is 0 Å². The van der Waals surface area contributed by atoms with Gasteiger partial charge in [0, 0.05) is 38.6 Å². The van der Waals surface area contributed by atoms with E-state index in [9.17, 15) is 4.79 Å². The molecule has 6 atom stereocenters. The molecule has 196 valence electrons. The molecule has 3 saturated heterocycles. The first-order chi connectivity index (χ1) is 18.0. The average Bonchev–Trinajstić information content (AvgIpc) is 3.62. The van der Waals surface area contributed by atoms with E-state index in [0.29, 0.717) is 11.8 Å². The average molecular weight is 501 g/mol. The summed E-state index contributed by atoms with van der Waals surface area (Å²) in [4.78, 5) is 18.3. The predicted octanol–water partition coefficient (Wildman–Crippen LogP) is 4.92. The molecule has 1 spiro atoms. The minimum Gasteiger partial charge on any atom is -0.462 e. The van der Waals surface area contributed by atoms with Crippen LogP contribution in [0.5, 0.6) is 0 Å². The van der Waals surface area contributed by atoms with Crippen molar-refractivity contribution in [2.75, 3.05) is 39.3 Å². The monoisotopic (exact) mass is 500 g/mol. The zero-order chi connectivity index (χ0) is 25.0. The quantitative estimate of drug-likeness (QED) is 0.431. The normalized spacial score (nSPS) is 37.8. The highest BCUT2D eigenvalue weighted by Crippen LogP contribution is 2.62. The molecule has 7 rings (SSSR count). The molecule has 5 heteroatoms. The van der Waals surface area contributed by atoms with Crippen molar-refractivity contribution in [3.05, 3.63) is 71.8 Å². The number of fused-ring (bicyclic) bond motifs is 3. The van der Waals surface area contributed by atoms with Crippen LogP contribution >= 0.6 is 0 Å². The lowest BCUT2D eigenvalue weighted by Crippen LogP contribution is -2.52. The summed E-state index contributed by atoms with van der Waals surface area (Å²) in [6.07, 6.45) is 5.94. The lowest BCUT2D eigenvalue weighted by molar-refractivity contribution is -0.147. The molecule has 2 aliphatic carbocycles. The van der Waals surface area contributed by atoms with Crippen LogP contribution in [0.1, 0.15) is 56.2 Å². The molecule has 0 radical (unpaired) electrons. The lowest BCUT2D eigenvalue weighted by atomic mass is 9.53. The van der Waals surface area contributed by atoms with Crippen molar-refractivity contribution in [1.82, 2.24) is 9.80 Å². The fourth-order valence-corrected chi connectivity index (χ4v) is 8.53. The van der Waals surface area contributed by atoms with Crippen LogP contribution in [-0.2, 0) is 14.3 Å². The predicted molar refractivity (Wildman–Crippen MR) is 143 cm³/mol. The van der Waals surface area contributed by atoms with Crippen LogP contribution in [0.25, 0.3) is 0 Å². The summed E-state index contributed by atoms with van der Waals surface area (Å²) < 4.78 is 12.2. The Labute approximate surface area is 221 Å². The number of nitrogens with zero attached hydrogens (tertiary/aromatic N) is 2. The fraction of sp³-hybridized carbons (Fsp3) is 0.594. The summed E-state index contributed by atoms with van der Waals surface area (Å²) in [6.45, 7) is 8.19. The van der Waals surface area contributed by atoms with E-state index >= 15 is 0 Å². The number of ether oxygens (including phenoxy) is 2. The summed E-state index contributed by atoms with van der Waals surface area (Å²) in [5, 5.41) is 0. The summed E-state index contributed by atoms with van der Waals surface area (Å²) in [6, 6.07) is 22.0. The first-order valence-corrected chi connectivity index (χ1v) is 14.5. The summed E-state index contributed by atoms with van der Waals surface area (Å²) >= 11 is 0. The number of hydrogen-bond donors (Lipinski definition) is 0. The van der Waals surface area contributed by atoms with Crippen LogP contribution in [0.4, 0.5) is 0 Å². The molecular formula is C32H40N2O3. The number of carbonyl (C=O) groups is 1. The molecule has 5 fully saturated rings. The Bertz CT molecular complexity index is 1070. The zero-order valence-electron chi connectivity index (χ0n) is 22.1. The van der Waals surface area contributed by atoms with Gasteiger partial charge in [-0.1, -0.05) is 67.6 Å². The first kappa shape index (κ1) is 23.9. The lowest BCUT2D eigenvalue weighted by Gasteiger charge is -2.51. The molecular weight excluding hydrogens is 460 g/mol. The third-order valence-electron chi connectivity index (χ3n) is 10.5. The van der Waals surface area contributed by atoms with Crippen LogP contribution in [0.15, 0.2) is 60.7 Å². The van der Waals surface area contributed by atoms with E-state index in [0.717, 1.165) is 52.2 Å². The van der Waals surface area contributed by atoms with E-state index in [1.807, 2.05) is 0 Å². The van der Waals surface area contributed by atoms with Crippen LogP contribution in [0.2, 0.25) is 0 Å². The highest BCUT2D eigenvalue weighted by Gasteiger charge is 2.65. The standard InChI is InChI=1S/C32H40N2O3/c1-31-13-8-14-32(22-36-32)28(31)19-25-26(30(35)37-27(25)20-31)21-33-15-17-34(18-16-33)29(23-9-4-2-5-10-23)24-11-6-3-7-12-24/h2-7,9-12,25-29H,8,13-22H2,1H3/t25-,26-,27-,28-,31-,32+/m1/s1. The van der Waals surface area contributed by atoms with Crippen molar-refractivity contribution in [2.24, 2.45) is 23.2 Å². The van der Waals surface area contributed by atoms with Gasteiger partial charge in [0.15, 0.2) is 0 Å². The van der Waals surface area contributed by atoms with Gasteiger partial charge in [-0.3, -0.25) is 14.6 Å². The zero-order valence-corrected chi connectivity index (χ0v) is 22.1. The number of rotatable bonds is 5. The highest BCUT2D eigenvalue weighted by molar-refractivity contribution is 5.75. The Hall–Kier alpha value is -2.21. The van der Waals surface area contributed by atoms with E-state index in [4.69, 9.17) is 9.47 Å². The van der Waals surface area contributed by atoms with Crippen molar-refractivity contribution in [3.8, 4) is 0 Å². The topological polar surface area (TPSA) is 45.3 Å². The molecule has 3 aliphatic heterocycles. The van der Waals surface area contributed by atoms with Gasteiger partial charge < -0.3 is 9.47 Å². The molecule has 2 aromatic rings. The molecule has 0 amide bonds. The molecule has 0 bridgehead atoms. The number of benzene rings is 2. The summed E-state index contributed by atoms with van der Waals surface area (Å²) in [7, 11) is 0. The van der Waals surface area contributed by atoms with Gasteiger partial charge >= 0.3 is 5.97 Å². The van der Waals surface area contributed by atoms with E-state index in [1.165, 1.54) is 30.4 Å².